The zero-order valence-corrected chi connectivity index (χ0v) is 13.3. The van der Waals surface area contributed by atoms with Crippen LogP contribution in [-0.4, -0.2) is 46.2 Å². The summed E-state index contributed by atoms with van der Waals surface area (Å²) >= 11 is 0. The normalized spacial score (nSPS) is 19.7. The lowest BCUT2D eigenvalue weighted by Crippen LogP contribution is -2.41. The van der Waals surface area contributed by atoms with Crippen LogP contribution in [0.5, 0.6) is 0 Å². The molecule has 2 heterocycles. The predicted octanol–water partition coefficient (Wildman–Crippen LogP) is 1.72. The van der Waals surface area contributed by atoms with Crippen molar-refractivity contribution in [2.24, 2.45) is 0 Å². The fraction of sp³-hybridized carbons (Fsp3) is 0.667. The predicted molar refractivity (Wildman–Crippen MR) is 79.0 cm³/mol. The monoisotopic (exact) mass is 306 g/mol. The highest BCUT2D eigenvalue weighted by Crippen LogP contribution is 2.30. The number of nitrogens with zero attached hydrogens (tertiary/aromatic N) is 3. The first-order valence-corrected chi connectivity index (χ1v) is 7.79. The molecule has 1 aliphatic heterocycles. The zero-order chi connectivity index (χ0) is 15.9. The molecule has 1 atom stereocenters. The molecule has 0 aromatic carbocycles. The van der Waals surface area contributed by atoms with Crippen molar-refractivity contribution >= 4 is 11.9 Å². The molecule has 0 radical (unpaired) electrons. The van der Waals surface area contributed by atoms with Gasteiger partial charge in [0.05, 0.1) is 18.4 Å². The van der Waals surface area contributed by atoms with Crippen LogP contribution < -0.4 is 5.32 Å². The Kier molecular flexibility index (Phi) is 3.80. The molecule has 1 aliphatic carbocycles. The quantitative estimate of drug-likeness (QED) is 0.918. The van der Waals surface area contributed by atoms with E-state index in [9.17, 15) is 9.59 Å². The van der Waals surface area contributed by atoms with E-state index >= 15 is 0 Å². The minimum Gasteiger partial charge on any atom is -0.361 e. The summed E-state index contributed by atoms with van der Waals surface area (Å²) in [7, 11) is 0. The molecule has 7 nitrogen and oxygen atoms in total. The minimum absolute atomic E-state index is 0.0445. The maximum absolute atomic E-state index is 12.5. The Balaban J connectivity index is 1.66. The number of rotatable bonds is 4. The number of carbonyl (C=O) groups is 2. The summed E-state index contributed by atoms with van der Waals surface area (Å²) in [6, 6.07) is -0.0120. The zero-order valence-electron chi connectivity index (χ0n) is 13.3. The lowest BCUT2D eigenvalue weighted by atomic mass is 10.0. The number of urea groups is 1. The van der Waals surface area contributed by atoms with E-state index in [2.05, 4.69) is 10.5 Å². The fourth-order valence-electron chi connectivity index (χ4n) is 3.01. The van der Waals surface area contributed by atoms with Gasteiger partial charge in [0, 0.05) is 11.6 Å². The van der Waals surface area contributed by atoms with Gasteiger partial charge in [-0.3, -0.25) is 9.69 Å². The van der Waals surface area contributed by atoms with Gasteiger partial charge in [-0.15, -0.1) is 0 Å². The van der Waals surface area contributed by atoms with E-state index in [4.69, 9.17) is 4.52 Å². The van der Waals surface area contributed by atoms with Crippen molar-refractivity contribution in [1.82, 2.24) is 20.3 Å². The van der Waals surface area contributed by atoms with E-state index in [1.807, 2.05) is 20.8 Å². The maximum Gasteiger partial charge on any atom is 0.319 e. The van der Waals surface area contributed by atoms with Gasteiger partial charge in [0.1, 0.15) is 12.3 Å². The molecule has 1 saturated carbocycles. The molecule has 0 bridgehead atoms. The smallest absolute Gasteiger partial charge is 0.319 e. The van der Waals surface area contributed by atoms with Crippen LogP contribution in [0.4, 0.5) is 4.79 Å². The summed E-state index contributed by atoms with van der Waals surface area (Å²) in [5.41, 5.74) is 1.72. The third kappa shape index (κ3) is 2.67. The summed E-state index contributed by atoms with van der Waals surface area (Å²) in [6.45, 7) is 6.28. The van der Waals surface area contributed by atoms with Gasteiger partial charge in [-0.05, 0) is 33.1 Å². The lowest BCUT2D eigenvalue weighted by molar-refractivity contribution is -0.127. The summed E-state index contributed by atoms with van der Waals surface area (Å²) < 4.78 is 5.18. The molecule has 1 unspecified atom stereocenters. The fourth-order valence-corrected chi connectivity index (χ4v) is 3.01. The number of aromatic nitrogens is 1. The summed E-state index contributed by atoms with van der Waals surface area (Å²) in [5.74, 6) is 0.768. The first-order valence-electron chi connectivity index (χ1n) is 7.79. The average Bonchev–Trinajstić information content (AvgIpc) is 3.18. The van der Waals surface area contributed by atoms with E-state index in [1.165, 1.54) is 0 Å². The first kappa shape index (κ1) is 14.9. The number of hydrogen-bond acceptors (Lipinski definition) is 4. The molecule has 7 heteroatoms. The van der Waals surface area contributed by atoms with Gasteiger partial charge in [0.25, 0.3) is 0 Å². The molecular weight excluding hydrogens is 284 g/mol. The molecule has 0 spiro atoms. The molecule has 3 rings (SSSR count). The molecule has 1 N–H and O–H groups in total. The van der Waals surface area contributed by atoms with Crippen molar-refractivity contribution in [2.45, 2.75) is 52.1 Å². The number of hydrogen-bond donors (Lipinski definition) is 1. The van der Waals surface area contributed by atoms with Crippen LogP contribution in [0.25, 0.3) is 0 Å². The van der Waals surface area contributed by atoms with Crippen LogP contribution in [0.3, 0.4) is 0 Å². The van der Waals surface area contributed by atoms with Crippen molar-refractivity contribution in [3.8, 4) is 0 Å². The Morgan fingerprint density at radius 3 is 2.73 bits per heavy atom. The highest BCUT2D eigenvalue weighted by molar-refractivity contribution is 5.87. The third-order valence-electron chi connectivity index (χ3n) is 4.39. The molecule has 3 amide bonds. The molecule has 2 aliphatic rings. The summed E-state index contributed by atoms with van der Waals surface area (Å²) in [4.78, 5) is 27.8. The third-order valence-corrected chi connectivity index (χ3v) is 4.39. The largest absolute Gasteiger partial charge is 0.361 e. The number of carbonyl (C=O) groups excluding carboxylic acids is 2. The molecular formula is C15H22N4O3. The summed E-state index contributed by atoms with van der Waals surface area (Å²) in [6.07, 6.45) is 2.85. The first-order chi connectivity index (χ1) is 10.5. The van der Waals surface area contributed by atoms with Crippen LogP contribution in [-0.2, 0) is 4.79 Å². The Bertz CT molecular complexity index is 574. The lowest BCUT2D eigenvalue weighted by Gasteiger charge is -2.22. The van der Waals surface area contributed by atoms with E-state index in [-0.39, 0.29) is 24.5 Å². The maximum atomic E-state index is 12.5. The standard InChI is InChI=1S/C15H22N4O3/c1-4-12(14-9(2)17-22-10(14)3)16-15(21)18-7-13(20)19(8-18)11-5-6-11/h11-12H,4-8H2,1-3H3,(H,16,21). The Hall–Kier alpha value is -2.05. The van der Waals surface area contributed by atoms with Crippen molar-refractivity contribution < 1.29 is 14.1 Å². The van der Waals surface area contributed by atoms with Crippen molar-refractivity contribution in [3.05, 3.63) is 17.0 Å². The molecule has 120 valence electrons. The Morgan fingerprint density at radius 2 is 2.18 bits per heavy atom. The van der Waals surface area contributed by atoms with Gasteiger partial charge in [-0.1, -0.05) is 12.1 Å². The second kappa shape index (κ2) is 5.62. The minimum atomic E-state index is -0.205. The van der Waals surface area contributed by atoms with Gasteiger partial charge in [0.15, 0.2) is 0 Å². The van der Waals surface area contributed by atoms with Crippen molar-refractivity contribution in [2.75, 3.05) is 13.2 Å². The van der Waals surface area contributed by atoms with Gasteiger partial charge < -0.3 is 14.7 Å². The molecule has 2 fully saturated rings. The Morgan fingerprint density at radius 1 is 1.45 bits per heavy atom. The second-order valence-electron chi connectivity index (χ2n) is 6.08. The van der Waals surface area contributed by atoms with Crippen LogP contribution in [0, 0.1) is 13.8 Å². The number of aryl methyl sites for hydroxylation is 2. The molecule has 22 heavy (non-hydrogen) atoms. The van der Waals surface area contributed by atoms with Crippen molar-refractivity contribution in [1.29, 1.82) is 0 Å². The molecule has 1 aromatic heterocycles. The van der Waals surface area contributed by atoms with Crippen LogP contribution in [0.1, 0.15) is 49.2 Å². The average molecular weight is 306 g/mol. The van der Waals surface area contributed by atoms with Crippen LogP contribution in [0.2, 0.25) is 0 Å². The van der Waals surface area contributed by atoms with E-state index in [0.29, 0.717) is 12.7 Å². The second-order valence-corrected chi connectivity index (χ2v) is 6.08. The highest BCUT2D eigenvalue weighted by Gasteiger charge is 2.40. The van der Waals surface area contributed by atoms with Gasteiger partial charge >= 0.3 is 6.03 Å². The number of amides is 3. The van der Waals surface area contributed by atoms with Crippen LogP contribution >= 0.6 is 0 Å². The summed E-state index contributed by atoms with van der Waals surface area (Å²) in [5, 5.41) is 6.94. The van der Waals surface area contributed by atoms with Gasteiger partial charge in [-0.2, -0.15) is 0 Å². The van der Waals surface area contributed by atoms with E-state index in [0.717, 1.165) is 36.3 Å². The topological polar surface area (TPSA) is 78.7 Å². The van der Waals surface area contributed by atoms with Crippen molar-refractivity contribution in [3.63, 3.8) is 0 Å². The van der Waals surface area contributed by atoms with E-state index < -0.39 is 0 Å². The molecule has 1 saturated heterocycles. The molecule has 1 aromatic rings. The van der Waals surface area contributed by atoms with Gasteiger partial charge in [0.2, 0.25) is 5.91 Å². The SMILES string of the molecule is CCC(NC(=O)N1CC(=O)N(C2CC2)C1)c1c(C)noc1C. The highest BCUT2D eigenvalue weighted by atomic mass is 16.5. The van der Waals surface area contributed by atoms with E-state index in [1.54, 1.807) is 9.80 Å². The Labute approximate surface area is 129 Å². The number of nitrogens with one attached hydrogen (secondary N) is 1. The van der Waals surface area contributed by atoms with Gasteiger partial charge in [-0.25, -0.2) is 4.79 Å². The van der Waals surface area contributed by atoms with Crippen LogP contribution in [0.15, 0.2) is 4.52 Å².